The Hall–Kier alpha value is -2.49. The molecule has 1 amide bonds. The molecule has 0 bridgehead atoms. The van der Waals surface area contributed by atoms with Gasteiger partial charge >= 0.3 is 0 Å². The molecule has 4 rings (SSSR count). The largest absolute Gasteiger partial charge is 0.416 e. The summed E-state index contributed by atoms with van der Waals surface area (Å²) in [5.41, 5.74) is 2.51. The highest BCUT2D eigenvalue weighted by Gasteiger charge is 2.38. The number of amides is 1. The van der Waals surface area contributed by atoms with Crippen molar-refractivity contribution in [1.82, 2.24) is 24.6 Å². The Morgan fingerprint density at radius 3 is 2.73 bits per heavy atom. The van der Waals surface area contributed by atoms with E-state index < -0.39 is 8.32 Å². The molecule has 1 aromatic carbocycles. The molecule has 1 unspecified atom stereocenters. The highest BCUT2D eigenvalue weighted by atomic mass is 35.5. The zero-order chi connectivity index (χ0) is 24.1. The average Bonchev–Trinajstić information content (AvgIpc) is 3.35. The second-order valence-electron chi connectivity index (χ2n) is 10.1. The molecule has 1 aliphatic rings. The van der Waals surface area contributed by atoms with E-state index in [1.54, 1.807) is 24.3 Å². The minimum Gasteiger partial charge on any atom is -0.416 e. The van der Waals surface area contributed by atoms with Crippen LogP contribution in [0.5, 0.6) is 0 Å². The summed E-state index contributed by atoms with van der Waals surface area (Å²) in [5, 5.41) is 4.73. The Labute approximate surface area is 200 Å². The van der Waals surface area contributed by atoms with Crippen LogP contribution in [0.4, 0.5) is 0 Å². The summed E-state index contributed by atoms with van der Waals surface area (Å²) in [6, 6.07) is 5.39. The Kier molecular flexibility index (Phi) is 6.00. The van der Waals surface area contributed by atoms with Gasteiger partial charge < -0.3 is 13.8 Å². The van der Waals surface area contributed by atoms with Gasteiger partial charge in [-0.25, -0.2) is 4.98 Å². The quantitative estimate of drug-likeness (QED) is 0.454. The summed E-state index contributed by atoms with van der Waals surface area (Å²) in [6.45, 7) is 14.0. The number of carbonyl (C=O) groups is 1. The van der Waals surface area contributed by atoms with Crippen molar-refractivity contribution >= 4 is 25.8 Å². The van der Waals surface area contributed by atoms with Crippen LogP contribution in [-0.4, -0.2) is 52.5 Å². The van der Waals surface area contributed by atoms with Gasteiger partial charge in [0.15, 0.2) is 8.32 Å². The first kappa shape index (κ1) is 23.7. The number of benzene rings is 1. The van der Waals surface area contributed by atoms with Crippen molar-refractivity contribution in [2.24, 2.45) is 0 Å². The van der Waals surface area contributed by atoms with Crippen LogP contribution < -0.4 is 0 Å². The van der Waals surface area contributed by atoms with Crippen LogP contribution in [0.3, 0.4) is 0 Å². The van der Waals surface area contributed by atoms with Crippen LogP contribution in [0.1, 0.15) is 55.6 Å². The van der Waals surface area contributed by atoms with Crippen molar-refractivity contribution in [2.75, 3.05) is 13.7 Å². The van der Waals surface area contributed by atoms with Gasteiger partial charge in [0.05, 0.1) is 34.4 Å². The summed E-state index contributed by atoms with van der Waals surface area (Å²) in [6.07, 6.45) is 1.67. The van der Waals surface area contributed by atoms with E-state index in [2.05, 4.69) is 49.0 Å². The van der Waals surface area contributed by atoms with Crippen LogP contribution in [-0.2, 0) is 11.0 Å². The topological polar surface area (TPSA) is 86.3 Å². The van der Waals surface area contributed by atoms with Gasteiger partial charge in [0.2, 0.25) is 11.7 Å². The molecule has 10 heteroatoms. The number of carbonyl (C=O) groups excluding carboxylic acids is 1. The van der Waals surface area contributed by atoms with E-state index >= 15 is 0 Å². The third kappa shape index (κ3) is 4.25. The van der Waals surface area contributed by atoms with Crippen molar-refractivity contribution in [3.8, 4) is 17.2 Å². The summed E-state index contributed by atoms with van der Waals surface area (Å²) < 4.78 is 13.8. The maximum absolute atomic E-state index is 12.9. The molecule has 3 heterocycles. The smallest absolute Gasteiger partial charge is 0.257 e. The fraction of sp³-hybridized carbons (Fsp3) is 0.478. The molecule has 1 atom stereocenters. The Bertz CT molecular complexity index is 1200. The van der Waals surface area contributed by atoms with Crippen molar-refractivity contribution in [3.05, 3.63) is 46.7 Å². The van der Waals surface area contributed by atoms with Crippen LogP contribution in [0.15, 0.2) is 29.0 Å². The van der Waals surface area contributed by atoms with Crippen molar-refractivity contribution in [2.45, 2.75) is 58.3 Å². The van der Waals surface area contributed by atoms with Gasteiger partial charge in [0.25, 0.3) is 5.91 Å². The SMILES string of the molecule is CC(CO[Si](C)(C)C(C)(C)C)c1nc(-c2ncn3c2CN(C)C(=O)c2c(Cl)cccc2-3)no1. The molecular formula is C23H30ClN5O3Si. The third-order valence-corrected chi connectivity index (χ3v) is 11.5. The first-order valence-electron chi connectivity index (χ1n) is 11.0. The first-order chi connectivity index (χ1) is 15.4. The van der Waals surface area contributed by atoms with E-state index in [-0.39, 0.29) is 16.9 Å². The van der Waals surface area contributed by atoms with E-state index in [4.69, 9.17) is 20.6 Å². The van der Waals surface area contributed by atoms with E-state index in [1.807, 2.05) is 23.6 Å². The lowest BCUT2D eigenvalue weighted by Gasteiger charge is -2.36. The van der Waals surface area contributed by atoms with Crippen LogP contribution in [0, 0.1) is 0 Å². The van der Waals surface area contributed by atoms with Crippen molar-refractivity contribution in [3.63, 3.8) is 0 Å². The molecule has 176 valence electrons. The Morgan fingerprint density at radius 2 is 2.03 bits per heavy atom. The number of hydrogen-bond donors (Lipinski definition) is 0. The van der Waals surface area contributed by atoms with Gasteiger partial charge in [-0.3, -0.25) is 9.36 Å². The molecule has 0 spiro atoms. The highest BCUT2D eigenvalue weighted by molar-refractivity contribution is 6.74. The van der Waals surface area contributed by atoms with Crippen LogP contribution in [0.2, 0.25) is 23.2 Å². The molecule has 0 aliphatic carbocycles. The van der Waals surface area contributed by atoms with E-state index in [0.717, 1.165) is 5.69 Å². The molecule has 3 aromatic rings. The minimum atomic E-state index is -1.88. The van der Waals surface area contributed by atoms with Crippen LogP contribution in [0.25, 0.3) is 17.2 Å². The number of fused-ring (bicyclic) bond motifs is 3. The number of nitrogens with zero attached hydrogens (tertiary/aromatic N) is 5. The fourth-order valence-corrected chi connectivity index (χ4v) is 4.83. The monoisotopic (exact) mass is 487 g/mol. The highest BCUT2D eigenvalue weighted by Crippen LogP contribution is 2.37. The maximum atomic E-state index is 12.9. The molecular weight excluding hydrogens is 458 g/mol. The van der Waals surface area contributed by atoms with Crippen LogP contribution >= 0.6 is 11.6 Å². The molecule has 33 heavy (non-hydrogen) atoms. The predicted molar refractivity (Wildman–Crippen MR) is 129 cm³/mol. The number of imidazole rings is 1. The van der Waals surface area contributed by atoms with E-state index in [0.29, 0.717) is 46.8 Å². The first-order valence-corrected chi connectivity index (χ1v) is 14.3. The van der Waals surface area contributed by atoms with E-state index in [9.17, 15) is 4.79 Å². The van der Waals surface area contributed by atoms with Crippen molar-refractivity contribution in [1.29, 1.82) is 0 Å². The average molecular weight is 488 g/mol. The zero-order valence-electron chi connectivity index (χ0n) is 20.1. The Balaban J connectivity index is 1.63. The lowest BCUT2D eigenvalue weighted by Crippen LogP contribution is -2.41. The molecule has 0 fully saturated rings. The lowest BCUT2D eigenvalue weighted by molar-refractivity contribution is 0.0788. The van der Waals surface area contributed by atoms with Gasteiger partial charge in [-0.15, -0.1) is 0 Å². The summed E-state index contributed by atoms with van der Waals surface area (Å²) >= 11 is 6.36. The number of halogens is 1. The zero-order valence-corrected chi connectivity index (χ0v) is 21.9. The lowest BCUT2D eigenvalue weighted by atomic mass is 10.1. The number of aromatic nitrogens is 4. The summed E-state index contributed by atoms with van der Waals surface area (Å²) in [4.78, 5) is 23.7. The second-order valence-corrected chi connectivity index (χ2v) is 15.4. The molecule has 8 nitrogen and oxygen atoms in total. The van der Waals surface area contributed by atoms with Gasteiger partial charge in [0.1, 0.15) is 12.0 Å². The third-order valence-electron chi connectivity index (χ3n) is 6.64. The molecule has 1 aliphatic heterocycles. The number of hydrogen-bond acceptors (Lipinski definition) is 6. The molecule has 2 aromatic heterocycles. The fourth-order valence-electron chi connectivity index (χ4n) is 3.48. The predicted octanol–water partition coefficient (Wildman–Crippen LogP) is 5.29. The molecule has 0 saturated heterocycles. The Morgan fingerprint density at radius 1 is 1.30 bits per heavy atom. The maximum Gasteiger partial charge on any atom is 0.257 e. The van der Waals surface area contributed by atoms with Gasteiger partial charge in [-0.2, -0.15) is 4.98 Å². The summed E-state index contributed by atoms with van der Waals surface area (Å²) in [5.74, 6) is 0.706. The molecule has 0 N–H and O–H groups in total. The minimum absolute atomic E-state index is 0.0506. The van der Waals surface area contributed by atoms with E-state index in [1.165, 1.54) is 0 Å². The van der Waals surface area contributed by atoms with Gasteiger partial charge in [-0.1, -0.05) is 50.5 Å². The van der Waals surface area contributed by atoms with Gasteiger partial charge in [0, 0.05) is 13.7 Å². The van der Waals surface area contributed by atoms with Crippen molar-refractivity contribution < 1.29 is 13.7 Å². The normalized spacial score (nSPS) is 15.3. The standard InChI is InChI=1S/C23H30ClN5O3Si/c1-14(12-31-33(6,7)23(2,3)4)21-26-20(27-32-21)19-17-11-28(5)22(30)18-15(24)9-8-10-16(18)29(17)13-25-19/h8-10,13-14H,11-12H2,1-7H3. The molecule has 0 saturated carbocycles. The van der Waals surface area contributed by atoms with Gasteiger partial charge in [-0.05, 0) is 30.3 Å². The molecule has 0 radical (unpaired) electrons. The second kappa shape index (κ2) is 8.38. The summed E-state index contributed by atoms with van der Waals surface area (Å²) in [7, 11) is -0.138. The number of rotatable bonds is 5.